The van der Waals surface area contributed by atoms with Crippen molar-refractivity contribution in [3.05, 3.63) is 16.8 Å². The van der Waals surface area contributed by atoms with Gasteiger partial charge in [-0.15, -0.1) is 5.10 Å². The van der Waals surface area contributed by atoms with Crippen molar-refractivity contribution >= 4 is 5.82 Å². The highest BCUT2D eigenvalue weighted by Gasteiger charge is 2.19. The second-order valence-electron chi connectivity index (χ2n) is 5.81. The maximum Gasteiger partial charge on any atom is 0.166 e. The van der Waals surface area contributed by atoms with Crippen molar-refractivity contribution in [1.82, 2.24) is 20.0 Å². The summed E-state index contributed by atoms with van der Waals surface area (Å²) in [4.78, 5) is 4.81. The molecule has 0 bridgehead atoms. The minimum Gasteiger partial charge on any atom is -0.366 e. The molecule has 0 aromatic carbocycles. The summed E-state index contributed by atoms with van der Waals surface area (Å²) in [7, 11) is 2.16. The van der Waals surface area contributed by atoms with E-state index >= 15 is 0 Å². The van der Waals surface area contributed by atoms with Crippen LogP contribution in [-0.4, -0.2) is 65.8 Å². The second kappa shape index (κ2) is 6.83. The van der Waals surface area contributed by atoms with E-state index in [2.05, 4.69) is 45.4 Å². The van der Waals surface area contributed by atoms with E-state index in [1.165, 1.54) is 0 Å². The molecule has 2 heterocycles. The highest BCUT2D eigenvalue weighted by molar-refractivity contribution is 5.55. The first-order chi connectivity index (χ1) is 10.0. The van der Waals surface area contributed by atoms with Crippen molar-refractivity contribution in [2.45, 2.75) is 26.8 Å². The van der Waals surface area contributed by atoms with Gasteiger partial charge < -0.3 is 10.2 Å². The average molecular weight is 288 g/mol. The van der Waals surface area contributed by atoms with E-state index in [4.69, 9.17) is 0 Å². The molecule has 1 aliphatic heterocycles. The minimum atomic E-state index is 0.411. The highest BCUT2D eigenvalue weighted by Crippen LogP contribution is 2.17. The smallest absolute Gasteiger partial charge is 0.166 e. The normalized spacial score (nSPS) is 18.2. The van der Waals surface area contributed by atoms with E-state index in [1.807, 2.05) is 13.8 Å². The zero-order chi connectivity index (χ0) is 15.4. The maximum atomic E-state index is 9.29. The molecule has 2 rings (SSSR count). The fourth-order valence-electron chi connectivity index (χ4n) is 2.51. The van der Waals surface area contributed by atoms with E-state index < -0.39 is 0 Å². The lowest BCUT2D eigenvalue weighted by Gasteiger charge is -2.36. The first-order valence-corrected chi connectivity index (χ1v) is 7.43. The Morgan fingerprint density at radius 3 is 2.52 bits per heavy atom. The number of nitriles is 1. The van der Waals surface area contributed by atoms with Gasteiger partial charge in [-0.3, -0.25) is 4.90 Å². The summed E-state index contributed by atoms with van der Waals surface area (Å²) < 4.78 is 0. The summed E-state index contributed by atoms with van der Waals surface area (Å²) in [5, 5.41) is 20.8. The fourth-order valence-corrected chi connectivity index (χ4v) is 2.51. The van der Waals surface area contributed by atoms with Crippen LogP contribution in [0.5, 0.6) is 0 Å². The number of aromatic nitrogens is 2. The number of likely N-dealkylation sites (N-methyl/N-ethyl adjacent to an activating group) is 1. The Morgan fingerprint density at radius 1 is 1.24 bits per heavy atom. The van der Waals surface area contributed by atoms with Crippen LogP contribution < -0.4 is 5.32 Å². The Hall–Kier alpha value is -1.71. The molecule has 0 radical (unpaired) electrons. The van der Waals surface area contributed by atoms with Gasteiger partial charge in [0, 0.05) is 38.8 Å². The van der Waals surface area contributed by atoms with E-state index in [9.17, 15) is 5.26 Å². The molecule has 1 saturated heterocycles. The van der Waals surface area contributed by atoms with E-state index in [0.717, 1.165) is 44.0 Å². The fraction of sp³-hybridized carbons (Fsp3) is 0.667. The Morgan fingerprint density at radius 2 is 1.90 bits per heavy atom. The van der Waals surface area contributed by atoms with E-state index in [1.54, 1.807) is 0 Å². The summed E-state index contributed by atoms with van der Waals surface area (Å²) >= 11 is 0. The number of hydrogen-bond acceptors (Lipinski definition) is 6. The van der Waals surface area contributed by atoms with Gasteiger partial charge in [-0.05, 0) is 33.4 Å². The number of piperazine rings is 1. The molecule has 0 aliphatic carbocycles. The number of hydrogen-bond donors (Lipinski definition) is 1. The predicted octanol–water partition coefficient (Wildman–Crippen LogP) is 1.01. The van der Waals surface area contributed by atoms with Gasteiger partial charge in [0.05, 0.1) is 5.69 Å². The molecule has 1 atom stereocenters. The molecular weight excluding hydrogens is 264 g/mol. The van der Waals surface area contributed by atoms with E-state index in [0.29, 0.717) is 17.4 Å². The molecule has 1 aromatic rings. The van der Waals surface area contributed by atoms with Gasteiger partial charge in [0.1, 0.15) is 11.6 Å². The van der Waals surface area contributed by atoms with Gasteiger partial charge in [0.2, 0.25) is 0 Å². The summed E-state index contributed by atoms with van der Waals surface area (Å²) in [5.41, 5.74) is 2.32. The molecule has 0 saturated carbocycles. The Bertz CT molecular complexity index is 528. The molecule has 6 nitrogen and oxygen atoms in total. The topological polar surface area (TPSA) is 68.1 Å². The first kappa shape index (κ1) is 15.7. The van der Waals surface area contributed by atoms with Crippen LogP contribution >= 0.6 is 0 Å². The molecule has 21 heavy (non-hydrogen) atoms. The van der Waals surface area contributed by atoms with Gasteiger partial charge >= 0.3 is 0 Å². The zero-order valence-corrected chi connectivity index (χ0v) is 13.3. The Balaban J connectivity index is 1.97. The van der Waals surface area contributed by atoms with Crippen LogP contribution in [0.4, 0.5) is 5.82 Å². The lowest BCUT2D eigenvalue weighted by Crippen LogP contribution is -2.50. The number of nitrogens with zero attached hydrogens (tertiary/aromatic N) is 5. The Labute approximate surface area is 126 Å². The third-order valence-electron chi connectivity index (χ3n) is 4.29. The number of anilines is 1. The highest BCUT2D eigenvalue weighted by atomic mass is 15.3. The third-order valence-corrected chi connectivity index (χ3v) is 4.29. The predicted molar refractivity (Wildman–Crippen MR) is 83.2 cm³/mol. The largest absolute Gasteiger partial charge is 0.366 e. The number of nitrogens with one attached hydrogen (secondary N) is 1. The van der Waals surface area contributed by atoms with Gasteiger partial charge in [-0.1, -0.05) is 0 Å². The van der Waals surface area contributed by atoms with Crippen molar-refractivity contribution in [2.24, 2.45) is 0 Å². The molecule has 114 valence electrons. The van der Waals surface area contributed by atoms with Crippen LogP contribution in [0.15, 0.2) is 0 Å². The Kier molecular flexibility index (Phi) is 5.10. The van der Waals surface area contributed by atoms with Crippen LogP contribution in [0.25, 0.3) is 0 Å². The molecule has 1 aliphatic rings. The van der Waals surface area contributed by atoms with Crippen LogP contribution in [0.1, 0.15) is 23.7 Å². The molecule has 1 N–H and O–H groups in total. The average Bonchev–Trinajstić information content (AvgIpc) is 2.49. The molecule has 0 amide bonds. The maximum absolute atomic E-state index is 9.29. The van der Waals surface area contributed by atoms with Crippen molar-refractivity contribution in [1.29, 1.82) is 5.26 Å². The summed E-state index contributed by atoms with van der Waals surface area (Å²) in [6, 6.07) is 2.64. The molecule has 1 aromatic heterocycles. The van der Waals surface area contributed by atoms with Gasteiger partial charge in [0.25, 0.3) is 0 Å². The van der Waals surface area contributed by atoms with E-state index in [-0.39, 0.29) is 0 Å². The zero-order valence-electron chi connectivity index (χ0n) is 13.3. The summed E-state index contributed by atoms with van der Waals surface area (Å²) in [6.07, 6.45) is 0. The lowest BCUT2D eigenvalue weighted by atomic mass is 10.1. The van der Waals surface area contributed by atoms with Crippen molar-refractivity contribution in [3.63, 3.8) is 0 Å². The molecule has 1 fully saturated rings. The quantitative estimate of drug-likeness (QED) is 0.892. The second-order valence-corrected chi connectivity index (χ2v) is 5.81. The van der Waals surface area contributed by atoms with Crippen LogP contribution in [0, 0.1) is 25.2 Å². The van der Waals surface area contributed by atoms with Gasteiger partial charge in [-0.25, -0.2) is 0 Å². The molecular formula is C15H24N6. The van der Waals surface area contributed by atoms with Gasteiger partial charge in [0.15, 0.2) is 5.82 Å². The monoisotopic (exact) mass is 288 g/mol. The van der Waals surface area contributed by atoms with Crippen molar-refractivity contribution in [3.8, 4) is 6.07 Å². The summed E-state index contributed by atoms with van der Waals surface area (Å²) in [5.74, 6) is 0.599. The standard InChI is InChI=1S/C15H24N6/c1-11(21-7-5-20(4)6-8-21)10-17-15-14(9-16)12(2)13(3)18-19-15/h11H,5-8,10H2,1-4H3,(H,17,19). The third kappa shape index (κ3) is 3.69. The first-order valence-electron chi connectivity index (χ1n) is 7.43. The number of aryl methyl sites for hydroxylation is 1. The van der Waals surface area contributed by atoms with Crippen LogP contribution in [0.2, 0.25) is 0 Å². The SMILES string of the molecule is Cc1nnc(NCC(C)N2CCN(C)CC2)c(C#N)c1C. The van der Waals surface area contributed by atoms with Gasteiger partial charge in [-0.2, -0.15) is 10.4 Å². The van der Waals surface area contributed by atoms with Crippen molar-refractivity contribution < 1.29 is 0 Å². The molecule has 1 unspecified atom stereocenters. The minimum absolute atomic E-state index is 0.411. The summed E-state index contributed by atoms with van der Waals surface area (Å²) in [6.45, 7) is 11.2. The van der Waals surface area contributed by atoms with Crippen LogP contribution in [0.3, 0.4) is 0 Å². The molecule has 0 spiro atoms. The van der Waals surface area contributed by atoms with Crippen molar-refractivity contribution in [2.75, 3.05) is 45.1 Å². The van der Waals surface area contributed by atoms with Crippen LogP contribution in [-0.2, 0) is 0 Å². The number of rotatable bonds is 4. The molecule has 6 heteroatoms. The lowest BCUT2D eigenvalue weighted by molar-refractivity contribution is 0.123.